The molecule has 0 aromatic rings. The van der Waals surface area contributed by atoms with E-state index in [2.05, 4.69) is 10.6 Å². The predicted octanol–water partition coefficient (Wildman–Crippen LogP) is 1.62. The molecule has 2 rings (SSSR count). The van der Waals surface area contributed by atoms with Crippen LogP contribution < -0.4 is 10.6 Å². The highest BCUT2D eigenvalue weighted by Gasteiger charge is 1.83. The number of hydrogen-bond acceptors (Lipinski definition) is 6. The zero-order valence-corrected chi connectivity index (χ0v) is 12.2. The van der Waals surface area contributed by atoms with Crippen molar-refractivity contribution in [3.63, 3.8) is 0 Å². The molecule has 0 radical (unpaired) electrons. The highest BCUT2D eigenvalue weighted by Crippen LogP contribution is 1.92. The van der Waals surface area contributed by atoms with Crippen molar-refractivity contribution in [2.45, 2.75) is 0 Å². The second-order valence-corrected chi connectivity index (χ2v) is 5.11. The maximum Gasteiger partial charge on any atom is 0.261 e. The van der Waals surface area contributed by atoms with Crippen LogP contribution in [0.15, 0.2) is 72.8 Å². The van der Waals surface area contributed by atoms with Crippen molar-refractivity contribution in [3.8, 4) is 0 Å². The molecule has 0 spiro atoms. The predicted molar refractivity (Wildman–Crippen MR) is 81.7 cm³/mol. The second kappa shape index (κ2) is 10.4. The van der Waals surface area contributed by atoms with E-state index in [9.17, 15) is 8.42 Å². The summed E-state index contributed by atoms with van der Waals surface area (Å²) >= 11 is 0. The Bertz CT molecular complexity index is 532. The van der Waals surface area contributed by atoms with Crippen LogP contribution in [0, 0.1) is 0 Å². The van der Waals surface area contributed by atoms with Crippen LogP contribution in [0.5, 0.6) is 0 Å². The minimum atomic E-state index is -3.67. The number of hydrogen-bond donors (Lipinski definition) is 5. The van der Waals surface area contributed by atoms with Crippen molar-refractivity contribution in [2.75, 3.05) is 6.26 Å². The van der Waals surface area contributed by atoms with Gasteiger partial charge in [-0.1, -0.05) is 12.2 Å². The van der Waals surface area contributed by atoms with E-state index < -0.39 is 10.1 Å². The van der Waals surface area contributed by atoms with Crippen LogP contribution in [0.3, 0.4) is 0 Å². The minimum Gasteiger partial charge on any atom is -0.506 e. The molecule has 0 aromatic heterocycles. The van der Waals surface area contributed by atoms with E-state index >= 15 is 0 Å². The van der Waals surface area contributed by atoms with Gasteiger partial charge in [0.05, 0.1) is 6.26 Å². The maximum atomic E-state index is 9.19. The first kappa shape index (κ1) is 18.6. The average molecular weight is 314 g/mol. The fraction of sp³-hybridized carbons (Fsp3) is 0.0769. The quantitative estimate of drug-likeness (QED) is 0.431. The molecule has 116 valence electrons. The van der Waals surface area contributed by atoms with Crippen LogP contribution in [0.25, 0.3) is 0 Å². The molecule has 5 N–H and O–H groups in total. The fourth-order valence-corrected chi connectivity index (χ4v) is 0.894. The Balaban J connectivity index is 0.000000296. The molecule has 0 bridgehead atoms. The van der Waals surface area contributed by atoms with Crippen LogP contribution >= 0.6 is 0 Å². The van der Waals surface area contributed by atoms with E-state index in [1.807, 2.05) is 0 Å². The van der Waals surface area contributed by atoms with Gasteiger partial charge < -0.3 is 20.8 Å². The van der Waals surface area contributed by atoms with Gasteiger partial charge in [-0.3, -0.25) is 4.55 Å². The van der Waals surface area contributed by atoms with Crippen LogP contribution in [0.1, 0.15) is 0 Å². The van der Waals surface area contributed by atoms with E-state index in [0.717, 1.165) is 0 Å². The summed E-state index contributed by atoms with van der Waals surface area (Å²) in [6.45, 7) is 0. The molecule has 0 unspecified atom stereocenters. The Morgan fingerprint density at radius 3 is 1.52 bits per heavy atom. The Kier molecular flexibility index (Phi) is 9.14. The smallest absolute Gasteiger partial charge is 0.261 e. The molecule has 0 amide bonds. The summed E-state index contributed by atoms with van der Waals surface area (Å²) in [4.78, 5) is 0. The zero-order valence-electron chi connectivity index (χ0n) is 11.3. The molecule has 0 saturated carbocycles. The lowest BCUT2D eigenvalue weighted by molar-refractivity contribution is 0.429. The molecule has 2 aliphatic rings. The van der Waals surface area contributed by atoms with Crippen molar-refractivity contribution in [1.29, 1.82) is 0 Å². The standard InChI is InChI=1S/2C6H7NO.CH4O3S/c2*8-6-3-1-2-4-7-5-6;1-5(2,3)4/h2*1-5,7-8H;1H3,(H,2,3,4). The summed E-state index contributed by atoms with van der Waals surface area (Å²) in [6.07, 6.45) is 17.6. The Hall–Kier alpha value is -2.45. The molecule has 8 heteroatoms. The topological polar surface area (TPSA) is 119 Å². The molecular weight excluding hydrogens is 296 g/mol. The number of nitrogens with one attached hydrogen (secondary N) is 2. The van der Waals surface area contributed by atoms with Crippen LogP contribution in [-0.2, 0) is 10.1 Å². The Morgan fingerprint density at radius 1 is 0.857 bits per heavy atom. The van der Waals surface area contributed by atoms with E-state index in [1.165, 1.54) is 12.4 Å². The third kappa shape index (κ3) is 17.6. The van der Waals surface area contributed by atoms with Gasteiger partial charge in [0.1, 0.15) is 11.5 Å². The van der Waals surface area contributed by atoms with Gasteiger partial charge >= 0.3 is 0 Å². The highest BCUT2D eigenvalue weighted by molar-refractivity contribution is 7.85. The van der Waals surface area contributed by atoms with Crippen LogP contribution in [0.2, 0.25) is 0 Å². The summed E-state index contributed by atoms with van der Waals surface area (Å²) < 4.78 is 25.9. The number of rotatable bonds is 0. The minimum absolute atomic E-state index is 0.245. The molecule has 0 aromatic carbocycles. The lowest BCUT2D eigenvalue weighted by Gasteiger charge is -1.85. The zero-order chi connectivity index (χ0) is 16.1. The van der Waals surface area contributed by atoms with E-state index in [4.69, 9.17) is 14.8 Å². The molecule has 0 fully saturated rings. The van der Waals surface area contributed by atoms with Crippen LogP contribution in [-0.4, -0.2) is 29.4 Å². The number of aliphatic hydroxyl groups is 2. The fourth-order valence-electron chi connectivity index (χ4n) is 0.894. The van der Waals surface area contributed by atoms with Crippen molar-refractivity contribution in [2.24, 2.45) is 0 Å². The normalized spacial score (nSPS) is 15.5. The molecule has 0 aliphatic carbocycles. The summed E-state index contributed by atoms with van der Waals surface area (Å²) in [6, 6.07) is 0. The van der Waals surface area contributed by atoms with Gasteiger partial charge in [-0.05, 0) is 24.3 Å². The summed E-state index contributed by atoms with van der Waals surface area (Å²) in [5.41, 5.74) is 0. The Morgan fingerprint density at radius 2 is 1.19 bits per heavy atom. The summed E-state index contributed by atoms with van der Waals surface area (Å²) in [7, 11) is -3.67. The highest BCUT2D eigenvalue weighted by atomic mass is 32.2. The summed E-state index contributed by atoms with van der Waals surface area (Å²) in [5.74, 6) is 0.491. The second-order valence-electron chi connectivity index (χ2n) is 3.64. The van der Waals surface area contributed by atoms with Gasteiger partial charge in [-0.2, -0.15) is 8.42 Å². The van der Waals surface area contributed by atoms with Crippen molar-refractivity contribution in [3.05, 3.63) is 72.8 Å². The largest absolute Gasteiger partial charge is 0.506 e. The first-order chi connectivity index (χ1) is 9.79. The lowest BCUT2D eigenvalue weighted by Crippen LogP contribution is -1.91. The molecule has 21 heavy (non-hydrogen) atoms. The van der Waals surface area contributed by atoms with E-state index in [1.54, 1.807) is 48.9 Å². The number of allylic oxidation sites excluding steroid dienone is 6. The molecule has 7 nitrogen and oxygen atoms in total. The molecule has 2 aliphatic heterocycles. The average Bonchev–Trinajstić information content (AvgIpc) is 2.72. The SMILES string of the molecule is CS(=O)(=O)O.OC1=CNC=CC=C1.OC1=CNC=CC=C1. The van der Waals surface area contributed by atoms with Crippen molar-refractivity contribution < 1.29 is 23.2 Å². The van der Waals surface area contributed by atoms with Gasteiger partial charge in [0.15, 0.2) is 0 Å². The number of aliphatic hydroxyl groups excluding tert-OH is 2. The van der Waals surface area contributed by atoms with Crippen LogP contribution in [0.4, 0.5) is 0 Å². The molecular formula is C13H18N2O5S. The van der Waals surface area contributed by atoms with Gasteiger partial charge in [0.25, 0.3) is 10.1 Å². The molecule has 0 atom stereocenters. The van der Waals surface area contributed by atoms with Gasteiger partial charge in [-0.15, -0.1) is 0 Å². The van der Waals surface area contributed by atoms with Crippen molar-refractivity contribution >= 4 is 10.1 Å². The molecule has 2 heterocycles. The van der Waals surface area contributed by atoms with Gasteiger partial charge in [0, 0.05) is 24.8 Å². The van der Waals surface area contributed by atoms with Crippen molar-refractivity contribution in [1.82, 2.24) is 10.6 Å². The Labute approximate surface area is 123 Å². The molecule has 0 saturated heterocycles. The third-order valence-corrected chi connectivity index (χ3v) is 1.60. The van der Waals surface area contributed by atoms with Gasteiger partial charge in [-0.25, -0.2) is 0 Å². The van der Waals surface area contributed by atoms with Gasteiger partial charge in [0.2, 0.25) is 0 Å². The maximum absolute atomic E-state index is 9.19. The lowest BCUT2D eigenvalue weighted by atomic mass is 10.4. The monoisotopic (exact) mass is 314 g/mol. The van der Waals surface area contributed by atoms with E-state index in [0.29, 0.717) is 6.26 Å². The van der Waals surface area contributed by atoms with E-state index in [-0.39, 0.29) is 11.5 Å². The summed E-state index contributed by atoms with van der Waals surface area (Å²) in [5, 5.41) is 23.0. The third-order valence-electron chi connectivity index (χ3n) is 1.60. The first-order valence-electron chi connectivity index (χ1n) is 5.68. The first-order valence-corrected chi connectivity index (χ1v) is 7.53.